The minimum absolute atomic E-state index is 0.0518. The van der Waals surface area contributed by atoms with Gasteiger partial charge < -0.3 is 19.3 Å². The molecule has 3 aliphatic rings. The molecule has 3 heterocycles. The Morgan fingerprint density at radius 1 is 1.12 bits per heavy atom. The number of carboxylic acid groups (broad SMARTS) is 1. The lowest BCUT2D eigenvalue weighted by Crippen LogP contribution is -2.28. The van der Waals surface area contributed by atoms with Gasteiger partial charge in [0.25, 0.3) is 0 Å². The Bertz CT molecular complexity index is 1900. The normalized spacial score (nSPS) is 19.4. The minimum Gasteiger partial charge on any atom is -0.489 e. The zero-order valence-corrected chi connectivity index (χ0v) is 25.4. The number of aryl methyl sites for hydroxylation is 1. The Hall–Kier alpha value is -3.59. The van der Waals surface area contributed by atoms with E-state index < -0.39 is 5.97 Å². The van der Waals surface area contributed by atoms with Gasteiger partial charge in [0.1, 0.15) is 23.8 Å². The van der Waals surface area contributed by atoms with E-state index >= 15 is 0 Å². The first-order chi connectivity index (χ1) is 20.9. The molecule has 218 valence electrons. The van der Waals surface area contributed by atoms with Crippen LogP contribution in [0.25, 0.3) is 21.3 Å². The highest BCUT2D eigenvalue weighted by Crippen LogP contribution is 2.49. The first-order valence-corrected chi connectivity index (χ1v) is 16.0. The van der Waals surface area contributed by atoms with Crippen LogP contribution in [0.1, 0.15) is 64.5 Å². The molecule has 0 radical (unpaired) electrons. The molecular weight excluding hydrogens is 605 g/mol. The van der Waals surface area contributed by atoms with Gasteiger partial charge in [-0.15, -0.1) is 0 Å². The second kappa shape index (κ2) is 10.3. The maximum absolute atomic E-state index is 11.5. The fraction of sp³-hybridized carbons (Fsp3) is 0.303. The van der Waals surface area contributed by atoms with Crippen molar-refractivity contribution in [2.75, 3.05) is 18.0 Å². The maximum atomic E-state index is 11.5. The summed E-state index contributed by atoms with van der Waals surface area (Å²) in [5.74, 6) is 1.05. The molecule has 2 aromatic heterocycles. The molecule has 1 saturated heterocycles. The molecule has 1 N–H and O–H groups in total. The van der Waals surface area contributed by atoms with Crippen LogP contribution in [0.2, 0.25) is 10.0 Å². The van der Waals surface area contributed by atoms with E-state index in [2.05, 4.69) is 38.7 Å². The SMILES string of the molecule is O=C(O)c1nsc2cc(N3CCC4(CCc5ccc(OCc6c(-c7c(Cl)cccc7Cl)noc6C6CC6)cc54)C3)ccc12. The average molecular weight is 633 g/mol. The zero-order valence-electron chi connectivity index (χ0n) is 23.1. The predicted octanol–water partition coefficient (Wildman–Crippen LogP) is 8.51. The Morgan fingerprint density at radius 2 is 1.95 bits per heavy atom. The Morgan fingerprint density at radius 3 is 2.74 bits per heavy atom. The third-order valence-corrected chi connectivity index (χ3v) is 10.7. The van der Waals surface area contributed by atoms with Crippen molar-refractivity contribution < 1.29 is 19.2 Å². The fourth-order valence-corrected chi connectivity index (χ4v) is 8.24. The minimum atomic E-state index is -0.989. The van der Waals surface area contributed by atoms with Gasteiger partial charge in [-0.25, -0.2) is 4.79 Å². The lowest BCUT2D eigenvalue weighted by molar-refractivity contribution is 0.0694. The molecule has 10 heteroatoms. The second-order valence-corrected chi connectivity index (χ2v) is 13.4. The van der Waals surface area contributed by atoms with Crippen molar-refractivity contribution >= 4 is 56.5 Å². The molecule has 1 unspecified atom stereocenters. The summed E-state index contributed by atoms with van der Waals surface area (Å²) < 4.78 is 17.3. The summed E-state index contributed by atoms with van der Waals surface area (Å²) in [5.41, 5.74) is 6.26. The molecule has 1 spiro atoms. The van der Waals surface area contributed by atoms with E-state index in [4.69, 9.17) is 32.5 Å². The number of fused-ring (bicyclic) bond motifs is 3. The van der Waals surface area contributed by atoms with Gasteiger partial charge in [0.15, 0.2) is 5.69 Å². The molecule has 1 aliphatic heterocycles. The molecule has 8 rings (SSSR count). The molecule has 2 aliphatic carbocycles. The quantitative estimate of drug-likeness (QED) is 0.192. The van der Waals surface area contributed by atoms with Gasteiger partial charge in [0.05, 0.1) is 20.3 Å². The highest BCUT2D eigenvalue weighted by atomic mass is 35.5. The Kier molecular flexibility index (Phi) is 6.44. The maximum Gasteiger partial charge on any atom is 0.356 e. The second-order valence-electron chi connectivity index (χ2n) is 11.8. The van der Waals surface area contributed by atoms with E-state index in [0.717, 1.165) is 72.7 Å². The van der Waals surface area contributed by atoms with Crippen LogP contribution in [-0.2, 0) is 18.4 Å². The van der Waals surface area contributed by atoms with Crippen molar-refractivity contribution in [3.63, 3.8) is 0 Å². The standard InChI is InChI=1S/C33H27Cl2N3O4S/c34-25-2-1-3-26(35)28(25)29-23(31(42-36-29)19-4-5-19)16-41-21-8-6-18-10-11-33(24(18)15-21)12-13-38(17-33)20-7-9-22-27(14-20)43-37-30(22)32(39)40/h1-3,6-9,14-15,19H,4-5,10-13,16-17H2,(H,39,40). The summed E-state index contributed by atoms with van der Waals surface area (Å²) >= 11 is 14.3. The first-order valence-electron chi connectivity index (χ1n) is 14.5. The summed E-state index contributed by atoms with van der Waals surface area (Å²) in [7, 11) is 0. The fourth-order valence-electron chi connectivity index (χ4n) is 6.86. The predicted molar refractivity (Wildman–Crippen MR) is 168 cm³/mol. The van der Waals surface area contributed by atoms with Crippen molar-refractivity contribution in [3.8, 4) is 17.0 Å². The molecule has 0 amide bonds. The number of nitrogens with zero attached hydrogens (tertiary/aromatic N) is 3. The number of ether oxygens (including phenoxy) is 1. The highest BCUT2D eigenvalue weighted by Gasteiger charge is 2.44. The van der Waals surface area contributed by atoms with Crippen molar-refractivity contribution in [3.05, 3.63) is 92.8 Å². The van der Waals surface area contributed by atoms with Crippen molar-refractivity contribution in [1.82, 2.24) is 9.53 Å². The topological polar surface area (TPSA) is 88.7 Å². The van der Waals surface area contributed by atoms with Gasteiger partial charge in [-0.3, -0.25) is 0 Å². The Labute approximate surface area is 262 Å². The summed E-state index contributed by atoms with van der Waals surface area (Å²) in [6, 6.07) is 17.9. The summed E-state index contributed by atoms with van der Waals surface area (Å²) in [6.45, 7) is 2.16. The van der Waals surface area contributed by atoms with Crippen LogP contribution in [-0.4, -0.2) is 33.7 Å². The van der Waals surface area contributed by atoms with Gasteiger partial charge in [0, 0.05) is 41.1 Å². The van der Waals surface area contributed by atoms with Crippen LogP contribution in [0.4, 0.5) is 5.69 Å². The molecule has 1 saturated carbocycles. The van der Waals surface area contributed by atoms with Gasteiger partial charge >= 0.3 is 5.97 Å². The van der Waals surface area contributed by atoms with Gasteiger partial charge in [-0.2, -0.15) is 4.37 Å². The monoisotopic (exact) mass is 631 g/mol. The molecule has 5 aromatic rings. The summed E-state index contributed by atoms with van der Waals surface area (Å²) in [6.07, 6.45) is 5.35. The molecule has 2 fully saturated rings. The van der Waals surface area contributed by atoms with Crippen molar-refractivity contribution in [2.24, 2.45) is 0 Å². The number of aromatic carboxylic acids is 1. The first kappa shape index (κ1) is 27.0. The van der Waals surface area contributed by atoms with E-state index in [1.54, 1.807) is 0 Å². The van der Waals surface area contributed by atoms with E-state index in [0.29, 0.717) is 39.2 Å². The van der Waals surface area contributed by atoms with E-state index in [-0.39, 0.29) is 11.1 Å². The van der Waals surface area contributed by atoms with Crippen molar-refractivity contribution in [1.29, 1.82) is 0 Å². The van der Waals surface area contributed by atoms with Crippen LogP contribution in [0, 0.1) is 0 Å². The Balaban J connectivity index is 1.05. The molecule has 7 nitrogen and oxygen atoms in total. The lowest BCUT2D eigenvalue weighted by Gasteiger charge is -2.27. The smallest absolute Gasteiger partial charge is 0.356 e. The van der Waals surface area contributed by atoms with Gasteiger partial charge in [0.2, 0.25) is 0 Å². The molecule has 1 atom stereocenters. The van der Waals surface area contributed by atoms with Crippen LogP contribution in [0.5, 0.6) is 5.75 Å². The van der Waals surface area contributed by atoms with Crippen LogP contribution in [0.3, 0.4) is 0 Å². The third kappa shape index (κ3) is 4.58. The number of rotatable bonds is 7. The highest BCUT2D eigenvalue weighted by molar-refractivity contribution is 7.13. The number of carbonyl (C=O) groups is 1. The molecular formula is C33H27Cl2N3O4S. The summed E-state index contributed by atoms with van der Waals surface area (Å²) in [4.78, 5) is 13.9. The van der Waals surface area contributed by atoms with Crippen LogP contribution >= 0.6 is 34.7 Å². The van der Waals surface area contributed by atoms with Crippen LogP contribution in [0.15, 0.2) is 59.1 Å². The summed E-state index contributed by atoms with van der Waals surface area (Å²) in [5, 5.41) is 15.6. The largest absolute Gasteiger partial charge is 0.489 e. The number of aromatic nitrogens is 2. The zero-order chi connectivity index (χ0) is 29.3. The van der Waals surface area contributed by atoms with Gasteiger partial charge in [-0.1, -0.05) is 40.5 Å². The molecule has 43 heavy (non-hydrogen) atoms. The number of hydrogen-bond acceptors (Lipinski definition) is 7. The van der Waals surface area contributed by atoms with Crippen LogP contribution < -0.4 is 9.64 Å². The average Bonchev–Trinajstić information content (AvgIpc) is 3.33. The number of benzene rings is 3. The number of hydrogen-bond donors (Lipinski definition) is 1. The third-order valence-electron chi connectivity index (χ3n) is 9.25. The lowest BCUT2D eigenvalue weighted by atomic mass is 9.81. The molecule has 3 aromatic carbocycles. The van der Waals surface area contributed by atoms with E-state index in [1.807, 2.05) is 30.3 Å². The number of carboxylic acids is 1. The van der Waals surface area contributed by atoms with Crippen molar-refractivity contribution in [2.45, 2.75) is 50.0 Å². The van der Waals surface area contributed by atoms with E-state index in [1.165, 1.54) is 22.7 Å². The number of halogens is 2. The number of anilines is 1. The molecule has 0 bridgehead atoms. The van der Waals surface area contributed by atoms with E-state index in [9.17, 15) is 9.90 Å². The van der Waals surface area contributed by atoms with Gasteiger partial charge in [-0.05, 0) is 97.2 Å².